The monoisotopic (exact) mass is 410 g/mol. The van der Waals surface area contributed by atoms with Crippen LogP contribution >= 0.6 is 11.3 Å². The van der Waals surface area contributed by atoms with Crippen LogP contribution in [-0.4, -0.2) is 40.0 Å². The lowest BCUT2D eigenvalue weighted by Crippen LogP contribution is -2.39. The average molecular weight is 410 g/mol. The van der Waals surface area contributed by atoms with E-state index < -0.39 is 5.82 Å². The van der Waals surface area contributed by atoms with Gasteiger partial charge in [0, 0.05) is 30.3 Å². The molecule has 0 bridgehead atoms. The molecule has 3 aromatic rings. The number of piperidine rings is 1. The van der Waals surface area contributed by atoms with Crippen molar-refractivity contribution < 1.29 is 14.0 Å². The van der Waals surface area contributed by atoms with E-state index >= 15 is 0 Å². The Morgan fingerprint density at radius 2 is 1.93 bits per heavy atom. The highest BCUT2D eigenvalue weighted by Gasteiger charge is 2.28. The van der Waals surface area contributed by atoms with Gasteiger partial charge < -0.3 is 10.2 Å². The fourth-order valence-electron chi connectivity index (χ4n) is 3.36. The molecular formula is C21H19FN4O2S. The number of likely N-dealkylation sites (tertiary alicyclic amines) is 1. The molecule has 2 heterocycles. The number of hydrogen-bond donors (Lipinski definition) is 1. The number of anilines is 1. The van der Waals surface area contributed by atoms with Crippen LogP contribution in [0.25, 0.3) is 0 Å². The van der Waals surface area contributed by atoms with Crippen molar-refractivity contribution in [2.75, 3.05) is 18.4 Å². The molecule has 148 valence electrons. The maximum absolute atomic E-state index is 13.4. The normalized spacial score (nSPS) is 16.4. The first kappa shape index (κ1) is 19.2. The summed E-state index contributed by atoms with van der Waals surface area (Å²) in [5.74, 6) is -0.913. The number of benzene rings is 2. The molecule has 1 unspecified atom stereocenters. The van der Waals surface area contributed by atoms with Crippen molar-refractivity contribution in [2.45, 2.75) is 18.8 Å². The van der Waals surface area contributed by atoms with Crippen LogP contribution < -0.4 is 5.32 Å². The maximum Gasteiger partial charge on any atom is 0.286 e. The minimum Gasteiger partial charge on any atom is -0.338 e. The Balaban J connectivity index is 1.44. The molecule has 2 aromatic carbocycles. The van der Waals surface area contributed by atoms with Crippen LogP contribution in [0.3, 0.4) is 0 Å². The third-order valence-corrected chi connectivity index (χ3v) is 5.88. The Morgan fingerprint density at radius 3 is 2.72 bits per heavy atom. The Labute approximate surface area is 171 Å². The van der Waals surface area contributed by atoms with Crippen LogP contribution in [0, 0.1) is 5.82 Å². The van der Waals surface area contributed by atoms with Gasteiger partial charge in [0.1, 0.15) is 10.8 Å². The third kappa shape index (κ3) is 4.48. The number of carbonyl (C=O) groups excluding carboxylic acids is 2. The van der Waals surface area contributed by atoms with Crippen LogP contribution in [0.15, 0.2) is 54.6 Å². The zero-order valence-corrected chi connectivity index (χ0v) is 16.4. The van der Waals surface area contributed by atoms with E-state index in [9.17, 15) is 14.0 Å². The SMILES string of the molecule is O=C(Nc1ccccc1)c1nnc(C2CCCN(C(=O)c3cccc(F)c3)C2)s1. The third-order valence-electron chi connectivity index (χ3n) is 4.80. The van der Waals surface area contributed by atoms with Gasteiger partial charge >= 0.3 is 0 Å². The van der Waals surface area contributed by atoms with E-state index in [1.165, 1.54) is 29.5 Å². The summed E-state index contributed by atoms with van der Waals surface area (Å²) in [5.41, 5.74) is 1.03. The summed E-state index contributed by atoms with van der Waals surface area (Å²) in [7, 11) is 0. The lowest BCUT2D eigenvalue weighted by Gasteiger charge is -2.31. The van der Waals surface area contributed by atoms with Gasteiger partial charge in [-0.15, -0.1) is 10.2 Å². The Hall–Kier alpha value is -3.13. The number of halogens is 1. The van der Waals surface area contributed by atoms with Crippen molar-refractivity contribution in [3.8, 4) is 0 Å². The van der Waals surface area contributed by atoms with Crippen LogP contribution in [0.1, 0.15) is 43.9 Å². The quantitative estimate of drug-likeness (QED) is 0.707. The van der Waals surface area contributed by atoms with Crippen molar-refractivity contribution in [2.24, 2.45) is 0 Å². The average Bonchev–Trinajstić information content (AvgIpc) is 3.25. The molecule has 1 aliphatic rings. The number of amides is 2. The first-order valence-electron chi connectivity index (χ1n) is 9.35. The molecule has 29 heavy (non-hydrogen) atoms. The Kier molecular flexibility index (Phi) is 5.62. The zero-order chi connectivity index (χ0) is 20.2. The summed E-state index contributed by atoms with van der Waals surface area (Å²) in [4.78, 5) is 26.8. The molecule has 0 radical (unpaired) electrons. The van der Waals surface area contributed by atoms with Gasteiger partial charge in [-0.1, -0.05) is 35.6 Å². The van der Waals surface area contributed by atoms with E-state index in [1.807, 2.05) is 18.2 Å². The van der Waals surface area contributed by atoms with E-state index in [0.29, 0.717) is 24.3 Å². The molecule has 4 rings (SSSR count). The number of rotatable bonds is 4. The van der Waals surface area contributed by atoms with Crippen LogP contribution in [-0.2, 0) is 0 Å². The van der Waals surface area contributed by atoms with Gasteiger partial charge in [0.05, 0.1) is 0 Å². The molecule has 0 spiro atoms. The molecule has 1 aromatic heterocycles. The van der Waals surface area contributed by atoms with Gasteiger partial charge in [0.2, 0.25) is 5.01 Å². The number of nitrogens with zero attached hydrogens (tertiary/aromatic N) is 3. The fourth-order valence-corrected chi connectivity index (χ4v) is 4.23. The second kappa shape index (κ2) is 8.48. The van der Waals surface area contributed by atoms with E-state index in [-0.39, 0.29) is 22.7 Å². The summed E-state index contributed by atoms with van der Waals surface area (Å²) in [6.07, 6.45) is 1.68. The van der Waals surface area contributed by atoms with E-state index in [0.717, 1.165) is 17.8 Å². The van der Waals surface area contributed by atoms with Crippen molar-refractivity contribution in [1.82, 2.24) is 15.1 Å². The van der Waals surface area contributed by atoms with E-state index in [2.05, 4.69) is 15.5 Å². The van der Waals surface area contributed by atoms with Gasteiger partial charge in [-0.2, -0.15) is 0 Å². The molecule has 6 nitrogen and oxygen atoms in total. The second-order valence-corrected chi connectivity index (χ2v) is 7.88. The summed E-state index contributed by atoms with van der Waals surface area (Å²) in [6.45, 7) is 1.09. The minimum atomic E-state index is -0.428. The zero-order valence-electron chi connectivity index (χ0n) is 15.5. The predicted molar refractivity (Wildman–Crippen MR) is 109 cm³/mol. The lowest BCUT2D eigenvalue weighted by atomic mass is 9.98. The number of aromatic nitrogens is 2. The number of nitrogens with one attached hydrogen (secondary N) is 1. The highest BCUT2D eigenvalue weighted by Crippen LogP contribution is 2.30. The highest BCUT2D eigenvalue weighted by atomic mass is 32.1. The standard InChI is InChI=1S/C21H19FN4O2S/c22-16-8-4-6-14(12-16)21(28)26-11-5-7-15(13-26)19-24-25-20(29-19)18(27)23-17-9-2-1-3-10-17/h1-4,6,8-10,12,15H,5,7,11,13H2,(H,23,27). The van der Waals surface area contributed by atoms with Gasteiger partial charge in [0.25, 0.3) is 11.8 Å². The Morgan fingerprint density at radius 1 is 1.10 bits per heavy atom. The molecule has 1 N–H and O–H groups in total. The van der Waals surface area contributed by atoms with E-state index in [1.54, 1.807) is 23.1 Å². The fraction of sp³-hybridized carbons (Fsp3) is 0.238. The molecule has 1 aliphatic heterocycles. The van der Waals surface area contributed by atoms with Crippen LogP contribution in [0.4, 0.5) is 10.1 Å². The first-order valence-corrected chi connectivity index (χ1v) is 10.2. The maximum atomic E-state index is 13.4. The Bertz CT molecular complexity index is 1020. The van der Waals surface area contributed by atoms with E-state index in [4.69, 9.17) is 0 Å². The largest absolute Gasteiger partial charge is 0.338 e. The highest BCUT2D eigenvalue weighted by molar-refractivity contribution is 7.13. The number of carbonyl (C=O) groups is 2. The van der Waals surface area contributed by atoms with Crippen molar-refractivity contribution in [1.29, 1.82) is 0 Å². The molecular weight excluding hydrogens is 391 g/mol. The van der Waals surface area contributed by atoms with Crippen molar-refractivity contribution in [3.63, 3.8) is 0 Å². The van der Waals surface area contributed by atoms with Crippen LogP contribution in [0.2, 0.25) is 0 Å². The summed E-state index contributed by atoms with van der Waals surface area (Å²) in [6, 6.07) is 14.9. The smallest absolute Gasteiger partial charge is 0.286 e. The molecule has 1 fully saturated rings. The predicted octanol–water partition coefficient (Wildman–Crippen LogP) is 3.95. The first-order chi connectivity index (χ1) is 14.1. The van der Waals surface area contributed by atoms with Gasteiger partial charge in [-0.05, 0) is 43.2 Å². The summed E-state index contributed by atoms with van der Waals surface area (Å²) < 4.78 is 13.4. The summed E-state index contributed by atoms with van der Waals surface area (Å²) in [5, 5.41) is 12.0. The van der Waals surface area contributed by atoms with Gasteiger partial charge in [0.15, 0.2) is 0 Å². The summed E-state index contributed by atoms with van der Waals surface area (Å²) >= 11 is 1.25. The molecule has 0 aliphatic carbocycles. The second-order valence-electron chi connectivity index (χ2n) is 6.87. The lowest BCUT2D eigenvalue weighted by molar-refractivity contribution is 0.0706. The molecule has 1 atom stereocenters. The van der Waals surface area contributed by atoms with Crippen LogP contribution in [0.5, 0.6) is 0 Å². The topological polar surface area (TPSA) is 75.2 Å². The number of para-hydroxylation sites is 1. The van der Waals surface area contributed by atoms with Gasteiger partial charge in [-0.25, -0.2) is 4.39 Å². The van der Waals surface area contributed by atoms with Crippen molar-refractivity contribution >= 4 is 28.8 Å². The minimum absolute atomic E-state index is 0.0111. The molecule has 0 saturated carbocycles. The van der Waals surface area contributed by atoms with Crippen molar-refractivity contribution in [3.05, 3.63) is 76.0 Å². The van der Waals surface area contributed by atoms with Gasteiger partial charge in [-0.3, -0.25) is 9.59 Å². The molecule has 1 saturated heterocycles. The molecule has 8 heteroatoms. The number of hydrogen-bond acceptors (Lipinski definition) is 5. The molecule has 2 amide bonds.